The molecule has 2 aliphatic rings. The highest BCUT2D eigenvalue weighted by Gasteiger charge is 2.42. The second-order valence-electron chi connectivity index (χ2n) is 7.81. The topological polar surface area (TPSA) is 46.6 Å². The molecular formula is C23H31NO3S. The molecule has 1 saturated carbocycles. The van der Waals surface area contributed by atoms with Gasteiger partial charge in [-0.15, -0.1) is 11.8 Å². The fourth-order valence-electron chi connectivity index (χ4n) is 4.06. The number of ether oxygens (including phenoxy) is 1. The van der Waals surface area contributed by atoms with Crippen molar-refractivity contribution in [3.8, 4) is 5.75 Å². The number of rotatable bonds is 6. The summed E-state index contributed by atoms with van der Waals surface area (Å²) in [6, 6.07) is 7.60. The van der Waals surface area contributed by atoms with Crippen LogP contribution in [0.15, 0.2) is 29.2 Å². The standard InChI is InChI=1S/C23H31NO3S/c1-4-28-21-20(17-12-14-19(15-13-17)27-16(2)3)22(25)24(23(21)26)18-10-8-6-5-7-9-11-18/h12-16,18H,4-11H2,1-3H3. The lowest BCUT2D eigenvalue weighted by molar-refractivity contribution is -0.139. The van der Waals surface area contributed by atoms with Crippen LogP contribution in [-0.2, 0) is 9.59 Å². The third-order valence-electron chi connectivity index (χ3n) is 5.32. The van der Waals surface area contributed by atoms with Gasteiger partial charge in [0.1, 0.15) is 5.75 Å². The van der Waals surface area contributed by atoms with Crippen molar-refractivity contribution < 1.29 is 14.3 Å². The molecule has 0 bridgehead atoms. The van der Waals surface area contributed by atoms with Crippen molar-refractivity contribution in [1.29, 1.82) is 0 Å². The van der Waals surface area contributed by atoms with Crippen LogP contribution >= 0.6 is 11.8 Å². The van der Waals surface area contributed by atoms with Crippen LogP contribution in [0.1, 0.15) is 71.3 Å². The smallest absolute Gasteiger partial charge is 0.268 e. The second-order valence-corrected chi connectivity index (χ2v) is 9.08. The van der Waals surface area contributed by atoms with Gasteiger partial charge in [0.25, 0.3) is 11.8 Å². The van der Waals surface area contributed by atoms with Crippen molar-refractivity contribution in [1.82, 2.24) is 4.90 Å². The average molecular weight is 402 g/mol. The minimum atomic E-state index is -0.121. The normalized spacial score (nSPS) is 19.4. The first-order chi connectivity index (χ1) is 13.5. The summed E-state index contributed by atoms with van der Waals surface area (Å²) in [6.07, 6.45) is 7.79. The summed E-state index contributed by atoms with van der Waals surface area (Å²) in [7, 11) is 0. The van der Waals surface area contributed by atoms with Crippen LogP contribution < -0.4 is 4.74 Å². The van der Waals surface area contributed by atoms with Crippen LogP contribution in [0.5, 0.6) is 5.75 Å². The highest BCUT2D eigenvalue weighted by Crippen LogP contribution is 2.39. The number of nitrogens with zero attached hydrogens (tertiary/aromatic N) is 1. The Morgan fingerprint density at radius 1 is 1.00 bits per heavy atom. The summed E-state index contributed by atoms with van der Waals surface area (Å²) >= 11 is 1.48. The number of imide groups is 1. The van der Waals surface area contributed by atoms with Gasteiger partial charge in [-0.25, -0.2) is 0 Å². The van der Waals surface area contributed by atoms with Crippen molar-refractivity contribution >= 4 is 29.1 Å². The predicted octanol–water partition coefficient (Wildman–Crippen LogP) is 5.42. The fourth-order valence-corrected chi connectivity index (χ4v) is 4.92. The Hall–Kier alpha value is -1.75. The lowest BCUT2D eigenvalue weighted by Crippen LogP contribution is -2.41. The van der Waals surface area contributed by atoms with Gasteiger partial charge >= 0.3 is 0 Å². The summed E-state index contributed by atoms with van der Waals surface area (Å²) in [4.78, 5) is 28.7. The zero-order chi connectivity index (χ0) is 20.1. The molecule has 1 aromatic carbocycles. The Bertz CT molecular complexity index is 731. The monoisotopic (exact) mass is 401 g/mol. The van der Waals surface area contributed by atoms with Gasteiger partial charge in [-0.3, -0.25) is 14.5 Å². The molecule has 0 atom stereocenters. The van der Waals surface area contributed by atoms with Gasteiger partial charge in [-0.1, -0.05) is 51.2 Å². The van der Waals surface area contributed by atoms with Crippen molar-refractivity contribution in [2.24, 2.45) is 0 Å². The number of carbonyl (C=O) groups excluding carboxylic acids is 2. The molecule has 4 nitrogen and oxygen atoms in total. The first-order valence-electron chi connectivity index (χ1n) is 10.5. The first kappa shape index (κ1) is 21.0. The van der Waals surface area contributed by atoms with Gasteiger partial charge in [-0.05, 0) is 50.1 Å². The third-order valence-corrected chi connectivity index (χ3v) is 6.27. The number of thioether (sulfide) groups is 1. The van der Waals surface area contributed by atoms with E-state index in [0.717, 1.165) is 42.7 Å². The maximum absolute atomic E-state index is 13.4. The molecule has 1 heterocycles. The maximum Gasteiger partial charge on any atom is 0.268 e. The van der Waals surface area contributed by atoms with Crippen molar-refractivity contribution in [2.45, 2.75) is 77.9 Å². The van der Waals surface area contributed by atoms with Crippen LogP contribution in [0.25, 0.3) is 5.57 Å². The van der Waals surface area contributed by atoms with E-state index in [-0.39, 0.29) is 24.0 Å². The Balaban J connectivity index is 1.89. The van der Waals surface area contributed by atoms with Crippen LogP contribution in [0.3, 0.4) is 0 Å². The molecular weight excluding hydrogens is 370 g/mol. The van der Waals surface area contributed by atoms with Crippen molar-refractivity contribution in [3.63, 3.8) is 0 Å². The second kappa shape index (κ2) is 9.64. The maximum atomic E-state index is 13.4. The van der Waals surface area contributed by atoms with E-state index >= 15 is 0 Å². The van der Waals surface area contributed by atoms with Gasteiger partial charge in [0, 0.05) is 6.04 Å². The van der Waals surface area contributed by atoms with E-state index in [1.54, 1.807) is 4.90 Å². The molecule has 3 rings (SSSR count). The van der Waals surface area contributed by atoms with Crippen LogP contribution in [0.4, 0.5) is 0 Å². The molecule has 1 aliphatic carbocycles. The molecule has 28 heavy (non-hydrogen) atoms. The van der Waals surface area contributed by atoms with Gasteiger partial charge in [0.15, 0.2) is 0 Å². The van der Waals surface area contributed by atoms with E-state index in [4.69, 9.17) is 4.74 Å². The molecule has 0 N–H and O–H groups in total. The number of benzene rings is 1. The quantitative estimate of drug-likeness (QED) is 0.597. The Morgan fingerprint density at radius 2 is 1.61 bits per heavy atom. The molecule has 0 saturated heterocycles. The van der Waals surface area contributed by atoms with Crippen molar-refractivity contribution in [2.75, 3.05) is 5.75 Å². The zero-order valence-corrected chi connectivity index (χ0v) is 18.0. The number of hydrogen-bond acceptors (Lipinski definition) is 4. The highest BCUT2D eigenvalue weighted by atomic mass is 32.2. The summed E-state index contributed by atoms with van der Waals surface area (Å²) < 4.78 is 5.71. The Kier molecular flexibility index (Phi) is 7.22. The fraction of sp³-hybridized carbons (Fsp3) is 0.565. The van der Waals surface area contributed by atoms with Crippen LogP contribution in [-0.4, -0.2) is 34.6 Å². The molecule has 0 radical (unpaired) electrons. The minimum absolute atomic E-state index is 0.0359. The van der Waals surface area contributed by atoms with Crippen LogP contribution in [0.2, 0.25) is 0 Å². The van der Waals surface area contributed by atoms with E-state index in [1.165, 1.54) is 31.0 Å². The average Bonchev–Trinajstić information content (AvgIpc) is 2.87. The number of carbonyl (C=O) groups is 2. The summed E-state index contributed by atoms with van der Waals surface area (Å²) in [6.45, 7) is 5.99. The number of amides is 2. The molecule has 0 aromatic heterocycles. The van der Waals surface area contributed by atoms with Gasteiger partial charge in [0.05, 0.1) is 16.6 Å². The van der Waals surface area contributed by atoms with E-state index in [9.17, 15) is 9.59 Å². The van der Waals surface area contributed by atoms with Crippen molar-refractivity contribution in [3.05, 3.63) is 34.7 Å². The lowest BCUT2D eigenvalue weighted by atomic mass is 9.95. The summed E-state index contributed by atoms with van der Waals surface area (Å²) in [5.41, 5.74) is 1.37. The molecule has 1 fully saturated rings. The summed E-state index contributed by atoms with van der Waals surface area (Å²) in [5.74, 6) is 1.33. The van der Waals surface area contributed by atoms with E-state index < -0.39 is 0 Å². The van der Waals surface area contributed by atoms with E-state index in [1.807, 2.05) is 45.0 Å². The van der Waals surface area contributed by atoms with Crippen LogP contribution in [0, 0.1) is 0 Å². The first-order valence-corrected chi connectivity index (χ1v) is 11.5. The molecule has 1 aliphatic heterocycles. The number of hydrogen-bond donors (Lipinski definition) is 0. The molecule has 0 unspecified atom stereocenters. The Labute approximate surface area is 172 Å². The van der Waals surface area contributed by atoms with Gasteiger partial charge < -0.3 is 4.74 Å². The largest absolute Gasteiger partial charge is 0.491 e. The van der Waals surface area contributed by atoms with E-state index in [0.29, 0.717) is 10.5 Å². The zero-order valence-electron chi connectivity index (χ0n) is 17.2. The van der Waals surface area contributed by atoms with Gasteiger partial charge in [-0.2, -0.15) is 0 Å². The van der Waals surface area contributed by atoms with Gasteiger partial charge in [0.2, 0.25) is 0 Å². The minimum Gasteiger partial charge on any atom is -0.491 e. The third kappa shape index (κ3) is 4.62. The summed E-state index contributed by atoms with van der Waals surface area (Å²) in [5, 5.41) is 0. The lowest BCUT2D eigenvalue weighted by Gasteiger charge is -2.28. The SMILES string of the molecule is CCSC1=C(c2ccc(OC(C)C)cc2)C(=O)N(C2CCCCCCC2)C1=O. The molecule has 152 valence electrons. The molecule has 1 aromatic rings. The van der Waals surface area contributed by atoms with E-state index in [2.05, 4.69) is 0 Å². The highest BCUT2D eigenvalue weighted by molar-refractivity contribution is 8.04. The molecule has 2 amide bonds. The molecule has 0 spiro atoms. The Morgan fingerprint density at radius 3 is 2.18 bits per heavy atom. The molecule has 5 heteroatoms. The predicted molar refractivity (Wildman–Crippen MR) is 115 cm³/mol.